The summed E-state index contributed by atoms with van der Waals surface area (Å²) in [7, 11) is 0. The third kappa shape index (κ3) is 4.94. The second kappa shape index (κ2) is 8.11. The molecular formula is C16H24BrN3S. The predicted octanol–water partition coefficient (Wildman–Crippen LogP) is 3.24. The minimum absolute atomic E-state index is 0.454. The number of benzene rings is 1. The first kappa shape index (κ1) is 16.7. The Kier molecular flexibility index (Phi) is 6.45. The Hall–Kier alpha value is -0.650. The van der Waals surface area contributed by atoms with Gasteiger partial charge in [0.25, 0.3) is 0 Å². The maximum atomic E-state index is 5.49. The summed E-state index contributed by atoms with van der Waals surface area (Å²) in [6, 6.07) is 8.91. The van der Waals surface area contributed by atoms with Gasteiger partial charge in [0, 0.05) is 43.2 Å². The lowest BCUT2D eigenvalue weighted by atomic mass is 10.2. The predicted molar refractivity (Wildman–Crippen MR) is 96.5 cm³/mol. The molecule has 5 heteroatoms. The van der Waals surface area contributed by atoms with Crippen LogP contribution >= 0.6 is 28.1 Å². The van der Waals surface area contributed by atoms with Crippen molar-refractivity contribution < 1.29 is 0 Å². The van der Waals surface area contributed by atoms with E-state index in [0.717, 1.165) is 44.3 Å². The molecule has 0 spiro atoms. The van der Waals surface area contributed by atoms with Crippen LogP contribution in [0.15, 0.2) is 28.7 Å². The van der Waals surface area contributed by atoms with Crippen LogP contribution in [0, 0.1) is 0 Å². The highest BCUT2D eigenvalue weighted by Crippen LogP contribution is 2.18. The van der Waals surface area contributed by atoms with Crippen molar-refractivity contribution in [3.05, 3.63) is 34.3 Å². The van der Waals surface area contributed by atoms with Gasteiger partial charge in [-0.15, -0.1) is 0 Å². The van der Waals surface area contributed by atoms with Crippen LogP contribution in [0.2, 0.25) is 0 Å². The summed E-state index contributed by atoms with van der Waals surface area (Å²) in [5.41, 5.74) is 1.35. The molecular weight excluding hydrogens is 346 g/mol. The molecule has 2 rings (SSSR count). The van der Waals surface area contributed by atoms with Crippen LogP contribution in [0.5, 0.6) is 0 Å². The minimum atomic E-state index is 0.454. The molecule has 0 amide bonds. The zero-order valence-electron chi connectivity index (χ0n) is 12.8. The van der Waals surface area contributed by atoms with Crippen LogP contribution < -0.4 is 5.32 Å². The number of nitrogens with zero attached hydrogens (tertiary/aromatic N) is 2. The molecule has 1 heterocycles. The summed E-state index contributed by atoms with van der Waals surface area (Å²) in [4.78, 5) is 4.78. The van der Waals surface area contributed by atoms with Crippen LogP contribution in [-0.2, 0) is 6.54 Å². The Morgan fingerprint density at radius 1 is 1.29 bits per heavy atom. The fourth-order valence-electron chi connectivity index (χ4n) is 2.38. The van der Waals surface area contributed by atoms with E-state index in [1.165, 1.54) is 10.0 Å². The molecule has 1 unspecified atom stereocenters. The molecule has 116 valence electrons. The molecule has 21 heavy (non-hydrogen) atoms. The molecule has 1 aliphatic heterocycles. The van der Waals surface area contributed by atoms with Gasteiger partial charge < -0.3 is 10.2 Å². The summed E-state index contributed by atoms with van der Waals surface area (Å²) in [5, 5.41) is 4.31. The van der Waals surface area contributed by atoms with Crippen LogP contribution in [0.1, 0.15) is 25.8 Å². The molecule has 1 aromatic rings. The normalized spacial score (nSPS) is 17.6. The van der Waals surface area contributed by atoms with Gasteiger partial charge >= 0.3 is 0 Å². The van der Waals surface area contributed by atoms with E-state index in [9.17, 15) is 0 Å². The van der Waals surface area contributed by atoms with Gasteiger partial charge in [-0.2, -0.15) is 0 Å². The Morgan fingerprint density at radius 3 is 2.57 bits per heavy atom. The van der Waals surface area contributed by atoms with E-state index in [1.807, 2.05) is 0 Å². The standard InChI is InChI=1S/C16H24BrN3S/c1-3-13(2)18-16(21)20-10-8-19(9-11-20)12-14-6-4-5-7-15(14)17/h4-7,13H,3,8-12H2,1-2H3,(H,18,21). The lowest BCUT2D eigenvalue weighted by Crippen LogP contribution is -2.52. The smallest absolute Gasteiger partial charge is 0.169 e. The topological polar surface area (TPSA) is 18.5 Å². The van der Waals surface area contributed by atoms with Crippen molar-refractivity contribution in [1.29, 1.82) is 0 Å². The SMILES string of the molecule is CCC(C)NC(=S)N1CCN(Cc2ccccc2Br)CC1. The number of hydrogen-bond donors (Lipinski definition) is 1. The van der Waals surface area contributed by atoms with Crippen molar-refractivity contribution >= 4 is 33.3 Å². The number of rotatable bonds is 4. The van der Waals surface area contributed by atoms with Crippen LogP contribution in [0.3, 0.4) is 0 Å². The lowest BCUT2D eigenvalue weighted by molar-refractivity contribution is 0.173. The number of thiocarbonyl (C=S) groups is 1. The minimum Gasteiger partial charge on any atom is -0.360 e. The Balaban J connectivity index is 1.81. The molecule has 1 saturated heterocycles. The quantitative estimate of drug-likeness (QED) is 0.820. The van der Waals surface area contributed by atoms with Gasteiger partial charge in [0.1, 0.15) is 0 Å². The maximum Gasteiger partial charge on any atom is 0.169 e. The number of piperazine rings is 1. The number of halogens is 1. The second-order valence-corrected chi connectivity index (χ2v) is 6.85. The molecule has 1 N–H and O–H groups in total. The summed E-state index contributed by atoms with van der Waals surface area (Å²) in [6.45, 7) is 9.49. The summed E-state index contributed by atoms with van der Waals surface area (Å²) in [6.07, 6.45) is 1.10. The molecule has 0 saturated carbocycles. The van der Waals surface area contributed by atoms with E-state index >= 15 is 0 Å². The van der Waals surface area contributed by atoms with Gasteiger partial charge in [0.05, 0.1) is 0 Å². The number of nitrogens with one attached hydrogen (secondary N) is 1. The summed E-state index contributed by atoms with van der Waals surface area (Å²) < 4.78 is 1.20. The molecule has 1 fully saturated rings. The molecule has 0 aliphatic carbocycles. The monoisotopic (exact) mass is 369 g/mol. The maximum absolute atomic E-state index is 5.49. The van der Waals surface area contributed by atoms with Crippen molar-refractivity contribution in [1.82, 2.24) is 15.1 Å². The Morgan fingerprint density at radius 2 is 1.95 bits per heavy atom. The van der Waals surface area contributed by atoms with Gasteiger partial charge in [0.2, 0.25) is 0 Å². The summed E-state index contributed by atoms with van der Waals surface area (Å²) in [5.74, 6) is 0. The van der Waals surface area contributed by atoms with Gasteiger partial charge in [0.15, 0.2) is 5.11 Å². The molecule has 1 atom stereocenters. The molecule has 0 radical (unpaired) electrons. The Labute approximate surface area is 141 Å². The van der Waals surface area contributed by atoms with Crippen molar-refractivity contribution in [2.24, 2.45) is 0 Å². The van der Waals surface area contributed by atoms with Crippen molar-refractivity contribution in [3.8, 4) is 0 Å². The summed E-state index contributed by atoms with van der Waals surface area (Å²) >= 11 is 9.12. The molecule has 1 aromatic carbocycles. The van der Waals surface area contributed by atoms with Gasteiger partial charge in [-0.25, -0.2) is 0 Å². The van der Waals surface area contributed by atoms with Crippen molar-refractivity contribution in [2.45, 2.75) is 32.9 Å². The first-order valence-electron chi connectivity index (χ1n) is 7.61. The van der Waals surface area contributed by atoms with E-state index < -0.39 is 0 Å². The highest BCUT2D eigenvalue weighted by molar-refractivity contribution is 9.10. The van der Waals surface area contributed by atoms with Crippen LogP contribution in [-0.4, -0.2) is 47.1 Å². The van der Waals surface area contributed by atoms with Crippen molar-refractivity contribution in [3.63, 3.8) is 0 Å². The first-order valence-corrected chi connectivity index (χ1v) is 8.81. The van der Waals surface area contributed by atoms with Gasteiger partial charge in [-0.3, -0.25) is 4.90 Å². The van der Waals surface area contributed by atoms with E-state index in [-0.39, 0.29) is 0 Å². The highest BCUT2D eigenvalue weighted by Gasteiger charge is 2.19. The van der Waals surface area contributed by atoms with E-state index in [4.69, 9.17) is 12.2 Å². The fraction of sp³-hybridized carbons (Fsp3) is 0.562. The van der Waals surface area contributed by atoms with Crippen molar-refractivity contribution in [2.75, 3.05) is 26.2 Å². The largest absolute Gasteiger partial charge is 0.360 e. The Bertz CT molecular complexity index is 472. The zero-order valence-corrected chi connectivity index (χ0v) is 15.2. The third-order valence-corrected chi connectivity index (χ3v) is 5.14. The first-order chi connectivity index (χ1) is 10.1. The lowest BCUT2D eigenvalue weighted by Gasteiger charge is -2.37. The van der Waals surface area contributed by atoms with Crippen LogP contribution in [0.4, 0.5) is 0 Å². The highest BCUT2D eigenvalue weighted by atomic mass is 79.9. The molecule has 0 aromatic heterocycles. The van der Waals surface area contributed by atoms with E-state index in [0.29, 0.717) is 6.04 Å². The average molecular weight is 370 g/mol. The number of hydrogen-bond acceptors (Lipinski definition) is 2. The average Bonchev–Trinajstić information content (AvgIpc) is 2.50. The van der Waals surface area contributed by atoms with E-state index in [2.05, 4.69) is 69.2 Å². The zero-order chi connectivity index (χ0) is 15.2. The van der Waals surface area contributed by atoms with Gasteiger partial charge in [-0.05, 0) is 37.2 Å². The second-order valence-electron chi connectivity index (χ2n) is 5.61. The third-order valence-electron chi connectivity index (χ3n) is 3.99. The van der Waals surface area contributed by atoms with Gasteiger partial charge in [-0.1, -0.05) is 41.1 Å². The fourth-order valence-corrected chi connectivity index (χ4v) is 3.17. The van der Waals surface area contributed by atoms with Crippen LogP contribution in [0.25, 0.3) is 0 Å². The molecule has 3 nitrogen and oxygen atoms in total. The van der Waals surface area contributed by atoms with E-state index in [1.54, 1.807) is 0 Å². The molecule has 0 bridgehead atoms. The molecule has 1 aliphatic rings.